The molecule has 0 spiro atoms. The number of hydrogen-bond donors (Lipinski definition) is 0. The van der Waals surface area contributed by atoms with Crippen molar-refractivity contribution in [1.29, 1.82) is 0 Å². The SMILES string of the molecule is CC1=CC(C)(C)N(C(=O)COc2nc3ccccc3s2)c2ccc(C(c3ccccc3)(c3ccccc3)c3ccccc3)cc21. The molecule has 0 radical (unpaired) electrons. The molecule has 7 rings (SSSR count). The summed E-state index contributed by atoms with van der Waals surface area (Å²) in [5.74, 6) is -0.113. The van der Waals surface area contributed by atoms with Crippen molar-refractivity contribution in [2.24, 2.45) is 0 Å². The van der Waals surface area contributed by atoms with Gasteiger partial charge < -0.3 is 4.74 Å². The zero-order chi connectivity index (χ0) is 31.0. The number of hydrogen-bond acceptors (Lipinski definition) is 4. The van der Waals surface area contributed by atoms with Crippen molar-refractivity contribution in [3.05, 3.63) is 167 Å². The summed E-state index contributed by atoms with van der Waals surface area (Å²) in [7, 11) is 0. The first-order chi connectivity index (χ1) is 21.9. The van der Waals surface area contributed by atoms with Crippen molar-refractivity contribution in [3.63, 3.8) is 0 Å². The number of para-hydroxylation sites is 1. The van der Waals surface area contributed by atoms with E-state index in [0.717, 1.165) is 32.6 Å². The Bertz CT molecular complexity index is 1880. The van der Waals surface area contributed by atoms with Crippen LogP contribution < -0.4 is 9.64 Å². The van der Waals surface area contributed by atoms with Crippen LogP contribution in [0.4, 0.5) is 5.69 Å². The van der Waals surface area contributed by atoms with E-state index in [9.17, 15) is 4.79 Å². The molecule has 1 aliphatic rings. The van der Waals surface area contributed by atoms with E-state index in [-0.39, 0.29) is 12.5 Å². The van der Waals surface area contributed by atoms with Crippen molar-refractivity contribution < 1.29 is 9.53 Å². The average Bonchev–Trinajstić information content (AvgIpc) is 3.49. The fraction of sp³-hybridized carbons (Fsp3) is 0.150. The monoisotopic (exact) mass is 606 g/mol. The van der Waals surface area contributed by atoms with E-state index in [1.165, 1.54) is 28.0 Å². The van der Waals surface area contributed by atoms with E-state index in [1.807, 2.05) is 29.2 Å². The zero-order valence-corrected chi connectivity index (χ0v) is 26.4. The highest BCUT2D eigenvalue weighted by molar-refractivity contribution is 7.20. The Labute approximate surface area is 268 Å². The number of nitrogens with zero attached hydrogens (tertiary/aromatic N) is 2. The van der Waals surface area contributed by atoms with Crippen LogP contribution in [0, 0.1) is 0 Å². The number of carbonyl (C=O) groups is 1. The molecule has 2 heterocycles. The molecule has 0 N–H and O–H groups in total. The predicted molar refractivity (Wildman–Crippen MR) is 185 cm³/mol. The fourth-order valence-corrected chi connectivity index (χ4v) is 7.70. The molecular weight excluding hydrogens is 573 g/mol. The minimum Gasteiger partial charge on any atom is -0.460 e. The molecule has 222 valence electrons. The number of ether oxygens (including phenoxy) is 1. The number of anilines is 1. The van der Waals surface area contributed by atoms with Gasteiger partial charge in [-0.25, -0.2) is 4.98 Å². The summed E-state index contributed by atoms with van der Waals surface area (Å²) in [4.78, 5) is 20.4. The summed E-state index contributed by atoms with van der Waals surface area (Å²) in [6.45, 7) is 6.19. The summed E-state index contributed by atoms with van der Waals surface area (Å²) in [5.41, 5.74) is 7.48. The predicted octanol–water partition coefficient (Wildman–Crippen LogP) is 9.29. The molecule has 4 nitrogen and oxygen atoms in total. The largest absolute Gasteiger partial charge is 0.460 e. The Hall–Kier alpha value is -5.00. The maximum Gasteiger partial charge on any atom is 0.274 e. The number of thiazole rings is 1. The lowest BCUT2D eigenvalue weighted by Gasteiger charge is -2.43. The molecule has 0 bridgehead atoms. The van der Waals surface area contributed by atoms with Crippen LogP contribution in [0.2, 0.25) is 0 Å². The first-order valence-electron chi connectivity index (χ1n) is 15.2. The first-order valence-corrected chi connectivity index (χ1v) is 16.0. The van der Waals surface area contributed by atoms with Crippen molar-refractivity contribution >= 4 is 38.7 Å². The standard InChI is InChI=1S/C40H34N2O2S/c1-28-26-39(2,3)42(37(43)27-44-38-41-34-21-13-14-22-36(34)45-38)35-24-23-32(25-33(28)35)40(29-15-7-4-8-16-29,30-17-9-5-10-18-30)31-19-11-6-12-20-31/h4-26H,27H2,1-3H3. The third kappa shape index (κ3) is 5.03. The van der Waals surface area contributed by atoms with Crippen LogP contribution in [-0.2, 0) is 10.2 Å². The van der Waals surface area contributed by atoms with E-state index in [2.05, 4.69) is 141 Å². The minimum absolute atomic E-state index is 0.0979. The molecule has 1 amide bonds. The van der Waals surface area contributed by atoms with Gasteiger partial charge in [0.1, 0.15) is 0 Å². The van der Waals surface area contributed by atoms with Gasteiger partial charge >= 0.3 is 0 Å². The molecule has 0 fully saturated rings. The van der Waals surface area contributed by atoms with Crippen LogP contribution in [0.25, 0.3) is 15.8 Å². The maximum atomic E-state index is 14.0. The van der Waals surface area contributed by atoms with Gasteiger partial charge in [-0.2, -0.15) is 0 Å². The lowest BCUT2D eigenvalue weighted by atomic mass is 9.64. The summed E-state index contributed by atoms with van der Waals surface area (Å²) in [6.07, 6.45) is 2.18. The van der Waals surface area contributed by atoms with Gasteiger partial charge in [0.2, 0.25) is 0 Å². The molecule has 5 aromatic carbocycles. The second kappa shape index (κ2) is 11.5. The smallest absolute Gasteiger partial charge is 0.274 e. The lowest BCUT2D eigenvalue weighted by molar-refractivity contribution is -0.121. The number of rotatable bonds is 7. The molecule has 1 aromatic heterocycles. The van der Waals surface area contributed by atoms with Gasteiger partial charge in [0.15, 0.2) is 6.61 Å². The van der Waals surface area contributed by atoms with Crippen LogP contribution >= 0.6 is 11.3 Å². The van der Waals surface area contributed by atoms with Gasteiger partial charge in [-0.3, -0.25) is 9.69 Å². The molecule has 0 atom stereocenters. The quantitative estimate of drug-likeness (QED) is 0.170. The highest BCUT2D eigenvalue weighted by Crippen LogP contribution is 2.48. The lowest BCUT2D eigenvalue weighted by Crippen LogP contribution is -2.50. The fourth-order valence-electron chi connectivity index (χ4n) is 6.88. The Morgan fingerprint density at radius 1 is 0.756 bits per heavy atom. The van der Waals surface area contributed by atoms with E-state index in [4.69, 9.17) is 4.74 Å². The number of fused-ring (bicyclic) bond motifs is 2. The molecule has 5 heteroatoms. The summed E-state index contributed by atoms with van der Waals surface area (Å²) in [6, 6.07) is 46.5. The molecule has 45 heavy (non-hydrogen) atoms. The van der Waals surface area contributed by atoms with Gasteiger partial charge in [0.05, 0.1) is 26.9 Å². The van der Waals surface area contributed by atoms with Gasteiger partial charge in [0, 0.05) is 5.56 Å². The molecule has 0 saturated heterocycles. The van der Waals surface area contributed by atoms with Gasteiger partial charge in [0.25, 0.3) is 11.1 Å². The summed E-state index contributed by atoms with van der Waals surface area (Å²) < 4.78 is 7.02. The normalized spacial score (nSPS) is 14.1. The third-order valence-electron chi connectivity index (χ3n) is 8.70. The number of aromatic nitrogens is 1. The van der Waals surface area contributed by atoms with Crippen molar-refractivity contribution in [3.8, 4) is 5.19 Å². The molecule has 1 aliphatic heterocycles. The highest BCUT2D eigenvalue weighted by Gasteiger charge is 2.41. The van der Waals surface area contributed by atoms with Crippen LogP contribution in [0.1, 0.15) is 48.6 Å². The van der Waals surface area contributed by atoms with Gasteiger partial charge in [-0.15, -0.1) is 0 Å². The highest BCUT2D eigenvalue weighted by atomic mass is 32.1. The number of benzene rings is 5. The molecule has 6 aromatic rings. The minimum atomic E-state index is -0.573. The molecule has 0 aliphatic carbocycles. The number of carbonyl (C=O) groups excluding carboxylic acids is 1. The van der Waals surface area contributed by atoms with Gasteiger partial charge in [-0.05, 0) is 72.9 Å². The summed E-state index contributed by atoms with van der Waals surface area (Å²) >= 11 is 1.45. The second-order valence-corrected chi connectivity index (χ2v) is 13.0. The number of allylic oxidation sites excluding steroid dienone is 1. The molecule has 0 saturated carbocycles. The van der Waals surface area contributed by atoms with Crippen molar-refractivity contribution in [1.82, 2.24) is 4.98 Å². The van der Waals surface area contributed by atoms with Crippen molar-refractivity contribution in [2.45, 2.75) is 31.7 Å². The van der Waals surface area contributed by atoms with Gasteiger partial charge in [-0.1, -0.05) is 127 Å². The summed E-state index contributed by atoms with van der Waals surface area (Å²) in [5, 5.41) is 0.500. The first kappa shape index (κ1) is 28.8. The molecular formula is C40H34N2O2S. The van der Waals surface area contributed by atoms with E-state index in [1.54, 1.807) is 0 Å². The third-order valence-corrected chi connectivity index (χ3v) is 9.65. The van der Waals surface area contributed by atoms with Crippen LogP contribution in [-0.4, -0.2) is 23.0 Å². The van der Waals surface area contributed by atoms with E-state index < -0.39 is 11.0 Å². The topological polar surface area (TPSA) is 42.4 Å². The Kier molecular flexibility index (Phi) is 7.34. The van der Waals surface area contributed by atoms with Crippen LogP contribution in [0.5, 0.6) is 5.19 Å². The maximum absolute atomic E-state index is 14.0. The van der Waals surface area contributed by atoms with E-state index in [0.29, 0.717) is 5.19 Å². The Balaban J connectivity index is 1.34. The number of amides is 1. The van der Waals surface area contributed by atoms with Crippen LogP contribution in [0.3, 0.4) is 0 Å². The van der Waals surface area contributed by atoms with Crippen molar-refractivity contribution in [2.75, 3.05) is 11.5 Å². The zero-order valence-electron chi connectivity index (χ0n) is 25.6. The van der Waals surface area contributed by atoms with Crippen LogP contribution in [0.15, 0.2) is 140 Å². The molecule has 0 unspecified atom stereocenters. The average molecular weight is 607 g/mol. The van der Waals surface area contributed by atoms with E-state index >= 15 is 0 Å². The Morgan fingerprint density at radius 3 is 1.89 bits per heavy atom. The Morgan fingerprint density at radius 2 is 1.31 bits per heavy atom. The second-order valence-electron chi connectivity index (χ2n) is 12.0.